The number of nitrogens with zero attached hydrogens (tertiary/aromatic N) is 3. The van der Waals surface area contributed by atoms with Gasteiger partial charge in [-0.25, -0.2) is 4.39 Å². The van der Waals surface area contributed by atoms with E-state index in [2.05, 4.69) is 29.2 Å². The summed E-state index contributed by atoms with van der Waals surface area (Å²) < 4.78 is 15.3. The standard InChI is InChI=1S/C18H22ClFN4O/c1-12(2)10-23-5-6-24-15(11-23)8-14(22-24)9-21-18(25)16-7-13(20)3-4-17(16)19/h3-4,7-8,12H,5-6,9-11H2,1-2H3,(H,21,25). The maximum Gasteiger partial charge on any atom is 0.253 e. The summed E-state index contributed by atoms with van der Waals surface area (Å²) in [6.45, 7) is 8.48. The van der Waals surface area contributed by atoms with Gasteiger partial charge in [-0.15, -0.1) is 0 Å². The minimum absolute atomic E-state index is 0.133. The van der Waals surface area contributed by atoms with E-state index in [0.717, 1.165) is 43.6 Å². The Bertz CT molecular complexity index is 774. The maximum absolute atomic E-state index is 13.3. The van der Waals surface area contributed by atoms with Crippen LogP contribution in [0, 0.1) is 11.7 Å². The van der Waals surface area contributed by atoms with E-state index in [1.807, 2.05) is 10.7 Å². The first kappa shape index (κ1) is 17.9. The van der Waals surface area contributed by atoms with Gasteiger partial charge in [0, 0.05) is 19.6 Å². The van der Waals surface area contributed by atoms with Crippen LogP contribution in [-0.2, 0) is 19.6 Å². The molecule has 0 bridgehead atoms. The van der Waals surface area contributed by atoms with Crippen molar-refractivity contribution in [3.63, 3.8) is 0 Å². The number of carbonyl (C=O) groups excluding carboxylic acids is 1. The van der Waals surface area contributed by atoms with Crippen LogP contribution < -0.4 is 5.32 Å². The van der Waals surface area contributed by atoms with E-state index in [-0.39, 0.29) is 17.1 Å². The summed E-state index contributed by atoms with van der Waals surface area (Å²) in [5, 5.41) is 7.52. The van der Waals surface area contributed by atoms with Gasteiger partial charge >= 0.3 is 0 Å². The molecule has 0 radical (unpaired) electrons. The van der Waals surface area contributed by atoms with Gasteiger partial charge in [0.2, 0.25) is 0 Å². The monoisotopic (exact) mass is 364 g/mol. The van der Waals surface area contributed by atoms with Crippen molar-refractivity contribution in [3.05, 3.63) is 52.1 Å². The number of amides is 1. The molecule has 2 aromatic rings. The Morgan fingerprint density at radius 3 is 2.92 bits per heavy atom. The van der Waals surface area contributed by atoms with Crippen LogP contribution in [0.4, 0.5) is 4.39 Å². The number of nitrogens with one attached hydrogen (secondary N) is 1. The average molecular weight is 365 g/mol. The molecule has 7 heteroatoms. The molecule has 1 aliphatic heterocycles. The number of aromatic nitrogens is 2. The van der Waals surface area contributed by atoms with Crippen molar-refractivity contribution in [2.24, 2.45) is 5.92 Å². The average Bonchev–Trinajstić information content (AvgIpc) is 2.96. The first-order valence-corrected chi connectivity index (χ1v) is 8.81. The lowest BCUT2D eigenvalue weighted by atomic mass is 10.2. The zero-order chi connectivity index (χ0) is 18.0. The third-order valence-corrected chi connectivity index (χ3v) is 4.48. The summed E-state index contributed by atoms with van der Waals surface area (Å²) in [7, 11) is 0. The van der Waals surface area contributed by atoms with Crippen LogP contribution >= 0.6 is 11.6 Å². The summed E-state index contributed by atoms with van der Waals surface area (Å²) in [6.07, 6.45) is 0. The Labute approximate surface area is 151 Å². The van der Waals surface area contributed by atoms with Gasteiger partial charge in [-0.2, -0.15) is 5.10 Å². The highest BCUT2D eigenvalue weighted by atomic mass is 35.5. The van der Waals surface area contributed by atoms with Crippen LogP contribution in [0.5, 0.6) is 0 Å². The second kappa shape index (κ2) is 7.54. The van der Waals surface area contributed by atoms with Crippen LogP contribution in [0.2, 0.25) is 5.02 Å². The van der Waals surface area contributed by atoms with Crippen LogP contribution in [-0.4, -0.2) is 33.7 Å². The van der Waals surface area contributed by atoms with Gasteiger partial charge in [-0.05, 0) is 30.2 Å². The second-order valence-corrected chi connectivity index (χ2v) is 7.19. The van der Waals surface area contributed by atoms with Gasteiger partial charge in [-0.3, -0.25) is 14.4 Å². The van der Waals surface area contributed by atoms with E-state index in [4.69, 9.17) is 11.6 Å². The number of hydrogen-bond donors (Lipinski definition) is 1. The summed E-state index contributed by atoms with van der Waals surface area (Å²) in [5.41, 5.74) is 2.08. The molecule has 134 valence electrons. The first-order valence-electron chi connectivity index (χ1n) is 8.43. The first-order chi connectivity index (χ1) is 11.9. The van der Waals surface area contributed by atoms with Crippen molar-refractivity contribution in [1.29, 1.82) is 0 Å². The second-order valence-electron chi connectivity index (χ2n) is 6.79. The zero-order valence-electron chi connectivity index (χ0n) is 14.4. The Kier molecular flexibility index (Phi) is 5.39. The van der Waals surface area contributed by atoms with Gasteiger partial charge in [0.25, 0.3) is 5.91 Å². The molecule has 2 heterocycles. The highest BCUT2D eigenvalue weighted by molar-refractivity contribution is 6.33. The third kappa shape index (κ3) is 4.38. The van der Waals surface area contributed by atoms with E-state index in [1.165, 1.54) is 12.1 Å². The van der Waals surface area contributed by atoms with Crippen molar-refractivity contribution in [2.45, 2.75) is 33.5 Å². The quantitative estimate of drug-likeness (QED) is 0.887. The molecule has 1 aromatic heterocycles. The molecule has 1 aromatic carbocycles. The smallest absolute Gasteiger partial charge is 0.253 e. The molecule has 0 atom stereocenters. The predicted octanol–water partition coefficient (Wildman–Crippen LogP) is 3.08. The van der Waals surface area contributed by atoms with Gasteiger partial charge < -0.3 is 5.32 Å². The van der Waals surface area contributed by atoms with E-state index >= 15 is 0 Å². The number of hydrogen-bond acceptors (Lipinski definition) is 3. The summed E-state index contributed by atoms with van der Waals surface area (Å²) in [6, 6.07) is 5.76. The molecule has 0 aliphatic carbocycles. The molecular weight excluding hydrogens is 343 g/mol. The molecule has 1 N–H and O–H groups in total. The Balaban J connectivity index is 1.62. The minimum Gasteiger partial charge on any atom is -0.346 e. The summed E-state index contributed by atoms with van der Waals surface area (Å²) in [5.74, 6) is -0.265. The molecule has 3 rings (SSSR count). The fourth-order valence-corrected chi connectivity index (χ4v) is 3.28. The Morgan fingerprint density at radius 1 is 1.36 bits per heavy atom. The number of fused-ring (bicyclic) bond motifs is 1. The van der Waals surface area contributed by atoms with E-state index in [1.54, 1.807) is 0 Å². The zero-order valence-corrected chi connectivity index (χ0v) is 15.2. The molecular formula is C18H22ClFN4O. The van der Waals surface area contributed by atoms with Crippen LogP contribution in [0.15, 0.2) is 24.3 Å². The van der Waals surface area contributed by atoms with Gasteiger partial charge in [0.05, 0.1) is 35.1 Å². The molecule has 0 fully saturated rings. The number of rotatable bonds is 5. The molecule has 1 amide bonds. The summed E-state index contributed by atoms with van der Waals surface area (Å²) in [4.78, 5) is 14.6. The lowest BCUT2D eigenvalue weighted by Gasteiger charge is -2.28. The maximum atomic E-state index is 13.3. The van der Waals surface area contributed by atoms with Crippen molar-refractivity contribution in [2.75, 3.05) is 13.1 Å². The Hall–Kier alpha value is -1.92. The molecule has 5 nitrogen and oxygen atoms in total. The SMILES string of the molecule is CC(C)CN1CCn2nc(CNC(=O)c3cc(F)ccc3Cl)cc2C1. The molecule has 0 unspecified atom stereocenters. The van der Waals surface area contributed by atoms with Gasteiger partial charge in [0.1, 0.15) is 5.82 Å². The number of benzene rings is 1. The highest BCUT2D eigenvalue weighted by Gasteiger charge is 2.19. The fraction of sp³-hybridized carbons (Fsp3) is 0.444. The van der Waals surface area contributed by atoms with E-state index in [0.29, 0.717) is 5.92 Å². The topological polar surface area (TPSA) is 50.2 Å². The van der Waals surface area contributed by atoms with Crippen LogP contribution in [0.25, 0.3) is 0 Å². The van der Waals surface area contributed by atoms with Crippen molar-refractivity contribution < 1.29 is 9.18 Å². The highest BCUT2D eigenvalue weighted by Crippen LogP contribution is 2.18. The minimum atomic E-state index is -0.489. The largest absolute Gasteiger partial charge is 0.346 e. The molecule has 1 aliphatic rings. The van der Waals surface area contributed by atoms with Crippen molar-refractivity contribution >= 4 is 17.5 Å². The Morgan fingerprint density at radius 2 is 2.16 bits per heavy atom. The summed E-state index contributed by atoms with van der Waals surface area (Å²) >= 11 is 5.96. The predicted molar refractivity (Wildman–Crippen MR) is 94.9 cm³/mol. The van der Waals surface area contributed by atoms with E-state index < -0.39 is 11.7 Å². The van der Waals surface area contributed by atoms with E-state index in [9.17, 15) is 9.18 Å². The van der Waals surface area contributed by atoms with Crippen LogP contribution in [0.1, 0.15) is 35.6 Å². The van der Waals surface area contributed by atoms with Crippen molar-refractivity contribution in [3.8, 4) is 0 Å². The molecule has 25 heavy (non-hydrogen) atoms. The molecule has 0 saturated heterocycles. The van der Waals surface area contributed by atoms with Crippen LogP contribution in [0.3, 0.4) is 0 Å². The molecule has 0 spiro atoms. The lowest BCUT2D eigenvalue weighted by molar-refractivity contribution is 0.0950. The fourth-order valence-electron chi connectivity index (χ4n) is 3.08. The lowest BCUT2D eigenvalue weighted by Crippen LogP contribution is -2.36. The normalized spacial score (nSPS) is 14.6. The third-order valence-electron chi connectivity index (χ3n) is 4.15. The number of halogens is 2. The van der Waals surface area contributed by atoms with Gasteiger partial charge in [0.15, 0.2) is 0 Å². The molecule has 0 saturated carbocycles. The van der Waals surface area contributed by atoms with Crippen molar-refractivity contribution in [1.82, 2.24) is 20.0 Å². The van der Waals surface area contributed by atoms with Gasteiger partial charge in [-0.1, -0.05) is 25.4 Å². The number of carbonyl (C=O) groups is 1.